The van der Waals surface area contributed by atoms with Gasteiger partial charge in [0.1, 0.15) is 5.82 Å². The third kappa shape index (κ3) is 5.22. The smallest absolute Gasteiger partial charge is 0.123 e. The van der Waals surface area contributed by atoms with Crippen LogP contribution in [0.4, 0.5) is 4.39 Å². The molecule has 0 radical (unpaired) electrons. The number of methoxy groups -OCH3 is 1. The van der Waals surface area contributed by atoms with Crippen LogP contribution >= 0.6 is 0 Å². The lowest BCUT2D eigenvalue weighted by molar-refractivity contribution is 0.0144. The number of nitrogens with one attached hydrogen (secondary N) is 1. The number of rotatable bonds is 6. The Hall–Kier alpha value is -0.930. The molecule has 114 valence electrons. The maximum atomic E-state index is 13.1. The molecule has 0 bridgehead atoms. The number of hydrogen-bond acceptors (Lipinski definition) is 2. The first-order valence-electron chi connectivity index (χ1n) is 7.20. The van der Waals surface area contributed by atoms with E-state index < -0.39 is 0 Å². The molecule has 1 N–H and O–H groups in total. The molecule has 0 spiro atoms. The van der Waals surface area contributed by atoms with Crippen LogP contribution in [0, 0.1) is 11.2 Å². The Morgan fingerprint density at radius 1 is 1.10 bits per heavy atom. The van der Waals surface area contributed by atoms with Crippen molar-refractivity contribution in [3.63, 3.8) is 0 Å². The van der Waals surface area contributed by atoms with E-state index in [1.807, 2.05) is 12.1 Å². The standard InChI is InChI=1S/C17H28FNO/c1-16(2,3)15(13-7-9-14(18)10-8-13)19-12-11-17(4,5)20-6/h7-10,15,19H,11-12H2,1-6H3. The number of benzene rings is 1. The Morgan fingerprint density at radius 2 is 1.65 bits per heavy atom. The molecule has 1 aromatic rings. The quantitative estimate of drug-likeness (QED) is 0.838. The molecule has 0 saturated heterocycles. The molecular weight excluding hydrogens is 253 g/mol. The lowest BCUT2D eigenvalue weighted by Gasteiger charge is -2.33. The van der Waals surface area contributed by atoms with Crippen LogP contribution in [-0.4, -0.2) is 19.3 Å². The first-order chi connectivity index (χ1) is 9.15. The van der Waals surface area contributed by atoms with Gasteiger partial charge in [-0.15, -0.1) is 0 Å². The summed E-state index contributed by atoms with van der Waals surface area (Å²) in [4.78, 5) is 0. The molecule has 1 rings (SSSR count). The van der Waals surface area contributed by atoms with E-state index in [0.29, 0.717) is 0 Å². The summed E-state index contributed by atoms with van der Waals surface area (Å²) in [7, 11) is 1.74. The molecule has 1 atom stereocenters. The van der Waals surface area contributed by atoms with Crippen molar-refractivity contribution in [1.29, 1.82) is 0 Å². The fraction of sp³-hybridized carbons (Fsp3) is 0.647. The Kier molecular flexibility index (Phi) is 5.72. The molecule has 0 saturated carbocycles. The zero-order valence-corrected chi connectivity index (χ0v) is 13.6. The summed E-state index contributed by atoms with van der Waals surface area (Å²) in [5.74, 6) is -0.193. The fourth-order valence-electron chi connectivity index (χ4n) is 2.20. The van der Waals surface area contributed by atoms with Gasteiger partial charge in [-0.1, -0.05) is 32.9 Å². The third-order valence-corrected chi connectivity index (χ3v) is 3.70. The molecule has 0 aromatic heterocycles. The summed E-state index contributed by atoms with van der Waals surface area (Å²) < 4.78 is 18.5. The Bertz CT molecular complexity index is 406. The van der Waals surface area contributed by atoms with Crippen molar-refractivity contribution in [1.82, 2.24) is 5.32 Å². The molecule has 0 aliphatic carbocycles. The van der Waals surface area contributed by atoms with Crippen LogP contribution in [0.15, 0.2) is 24.3 Å². The van der Waals surface area contributed by atoms with Crippen molar-refractivity contribution in [2.75, 3.05) is 13.7 Å². The Labute approximate surface area is 122 Å². The molecular formula is C17H28FNO. The van der Waals surface area contributed by atoms with Gasteiger partial charge in [-0.25, -0.2) is 4.39 Å². The van der Waals surface area contributed by atoms with Gasteiger partial charge in [-0.3, -0.25) is 0 Å². The maximum absolute atomic E-state index is 13.1. The van der Waals surface area contributed by atoms with E-state index >= 15 is 0 Å². The lowest BCUT2D eigenvalue weighted by Crippen LogP contribution is -2.36. The van der Waals surface area contributed by atoms with E-state index in [4.69, 9.17) is 4.74 Å². The summed E-state index contributed by atoms with van der Waals surface area (Å²) in [6, 6.07) is 6.96. The average molecular weight is 281 g/mol. The SMILES string of the molecule is COC(C)(C)CCNC(c1ccc(F)cc1)C(C)(C)C. The van der Waals surface area contributed by atoms with Gasteiger partial charge in [-0.2, -0.15) is 0 Å². The van der Waals surface area contributed by atoms with Gasteiger partial charge in [0.2, 0.25) is 0 Å². The molecule has 2 nitrogen and oxygen atoms in total. The molecule has 0 aliphatic heterocycles. The van der Waals surface area contributed by atoms with E-state index in [-0.39, 0.29) is 22.9 Å². The summed E-state index contributed by atoms with van der Waals surface area (Å²) >= 11 is 0. The van der Waals surface area contributed by atoms with Crippen molar-refractivity contribution in [3.05, 3.63) is 35.6 Å². The second-order valence-electron chi connectivity index (χ2n) is 7.02. The second-order valence-corrected chi connectivity index (χ2v) is 7.02. The minimum Gasteiger partial charge on any atom is -0.379 e. The van der Waals surface area contributed by atoms with Gasteiger partial charge in [-0.05, 0) is 49.9 Å². The van der Waals surface area contributed by atoms with Crippen LogP contribution in [0.25, 0.3) is 0 Å². The largest absolute Gasteiger partial charge is 0.379 e. The molecule has 3 heteroatoms. The van der Waals surface area contributed by atoms with Crippen LogP contribution in [0.3, 0.4) is 0 Å². The van der Waals surface area contributed by atoms with E-state index in [1.54, 1.807) is 7.11 Å². The minimum atomic E-state index is -0.193. The number of hydrogen-bond donors (Lipinski definition) is 1. The summed E-state index contributed by atoms with van der Waals surface area (Å²) in [6.07, 6.45) is 0.928. The highest BCUT2D eigenvalue weighted by Crippen LogP contribution is 2.33. The second kappa shape index (κ2) is 6.68. The first-order valence-corrected chi connectivity index (χ1v) is 7.20. The van der Waals surface area contributed by atoms with Gasteiger partial charge < -0.3 is 10.1 Å². The van der Waals surface area contributed by atoms with E-state index in [9.17, 15) is 4.39 Å². The van der Waals surface area contributed by atoms with Gasteiger partial charge in [0.15, 0.2) is 0 Å². The highest BCUT2D eigenvalue weighted by Gasteiger charge is 2.26. The topological polar surface area (TPSA) is 21.3 Å². The predicted octanol–water partition coefficient (Wildman–Crippen LogP) is 4.32. The van der Waals surface area contributed by atoms with Gasteiger partial charge in [0.25, 0.3) is 0 Å². The van der Waals surface area contributed by atoms with Crippen molar-refractivity contribution >= 4 is 0 Å². The number of ether oxygens (including phenoxy) is 1. The Morgan fingerprint density at radius 3 is 2.10 bits per heavy atom. The van der Waals surface area contributed by atoms with Crippen LogP contribution in [0.1, 0.15) is 52.6 Å². The number of halogens is 1. The fourth-order valence-corrected chi connectivity index (χ4v) is 2.20. The maximum Gasteiger partial charge on any atom is 0.123 e. The first kappa shape index (κ1) is 17.1. The zero-order valence-electron chi connectivity index (χ0n) is 13.6. The van der Waals surface area contributed by atoms with E-state index in [1.165, 1.54) is 12.1 Å². The minimum absolute atomic E-state index is 0.0645. The van der Waals surface area contributed by atoms with E-state index in [0.717, 1.165) is 18.5 Å². The molecule has 1 unspecified atom stereocenters. The molecule has 20 heavy (non-hydrogen) atoms. The third-order valence-electron chi connectivity index (χ3n) is 3.70. The van der Waals surface area contributed by atoms with Gasteiger partial charge in [0, 0.05) is 13.2 Å². The van der Waals surface area contributed by atoms with Gasteiger partial charge in [0.05, 0.1) is 5.60 Å². The molecule has 0 amide bonds. The summed E-state index contributed by atoms with van der Waals surface area (Å²) in [6.45, 7) is 11.6. The van der Waals surface area contributed by atoms with Crippen LogP contribution in [-0.2, 0) is 4.74 Å². The summed E-state index contributed by atoms with van der Waals surface area (Å²) in [5, 5.41) is 3.58. The monoisotopic (exact) mass is 281 g/mol. The molecule has 1 aromatic carbocycles. The van der Waals surface area contributed by atoms with Crippen LogP contribution in [0.2, 0.25) is 0 Å². The van der Waals surface area contributed by atoms with Gasteiger partial charge >= 0.3 is 0 Å². The van der Waals surface area contributed by atoms with Crippen LogP contribution in [0.5, 0.6) is 0 Å². The average Bonchev–Trinajstić information content (AvgIpc) is 2.35. The van der Waals surface area contributed by atoms with Crippen molar-refractivity contribution in [3.8, 4) is 0 Å². The molecule has 0 fully saturated rings. The highest BCUT2D eigenvalue weighted by atomic mass is 19.1. The zero-order chi connectivity index (χ0) is 15.4. The summed E-state index contributed by atoms with van der Waals surface area (Å²) in [5.41, 5.74) is 1.06. The van der Waals surface area contributed by atoms with Crippen molar-refractivity contribution in [2.45, 2.75) is 52.7 Å². The van der Waals surface area contributed by atoms with Crippen molar-refractivity contribution in [2.24, 2.45) is 5.41 Å². The van der Waals surface area contributed by atoms with Crippen molar-refractivity contribution < 1.29 is 9.13 Å². The molecule has 0 aliphatic rings. The normalized spacial score (nSPS) is 14.3. The Balaban J connectivity index is 2.74. The predicted molar refractivity (Wildman–Crippen MR) is 82.3 cm³/mol. The lowest BCUT2D eigenvalue weighted by atomic mass is 9.82. The highest BCUT2D eigenvalue weighted by molar-refractivity contribution is 5.21. The van der Waals surface area contributed by atoms with Crippen LogP contribution < -0.4 is 5.32 Å². The van der Waals surface area contributed by atoms with E-state index in [2.05, 4.69) is 39.9 Å². The molecule has 0 heterocycles.